The molecule has 2 heteroatoms. The highest BCUT2D eigenvalue weighted by Gasteiger charge is 2.04. The van der Waals surface area contributed by atoms with Gasteiger partial charge in [0.15, 0.2) is 0 Å². The summed E-state index contributed by atoms with van der Waals surface area (Å²) in [6, 6.07) is 0. The molecule has 0 spiro atoms. The molecule has 0 bridgehead atoms. The zero-order valence-electron chi connectivity index (χ0n) is 15.7. The lowest BCUT2D eigenvalue weighted by molar-refractivity contribution is -0.144. The third kappa shape index (κ3) is 17.5. The third-order valence-electron chi connectivity index (χ3n) is 4.11. The van der Waals surface area contributed by atoms with E-state index in [4.69, 9.17) is 4.74 Å². The van der Waals surface area contributed by atoms with E-state index in [1.807, 2.05) is 0 Å². The number of unbranched alkanes of at least 4 members (excludes halogenated alkanes) is 8. The number of carbonyl (C=O) groups excluding carboxylic acids is 1. The summed E-state index contributed by atoms with van der Waals surface area (Å²) in [5.74, 6) is 1.42. The van der Waals surface area contributed by atoms with E-state index in [-0.39, 0.29) is 5.97 Å². The molecule has 22 heavy (non-hydrogen) atoms. The Balaban J connectivity index is 3.12. The van der Waals surface area contributed by atoms with Crippen LogP contribution in [0.25, 0.3) is 0 Å². The number of hydrogen-bond donors (Lipinski definition) is 0. The Bertz CT molecular complexity index is 246. The van der Waals surface area contributed by atoms with Crippen LogP contribution in [0.1, 0.15) is 105 Å². The monoisotopic (exact) mass is 312 g/mol. The largest absolute Gasteiger partial charge is 0.466 e. The van der Waals surface area contributed by atoms with Gasteiger partial charge in [-0.2, -0.15) is 0 Å². The number of hydrogen-bond acceptors (Lipinski definition) is 2. The maximum Gasteiger partial charge on any atom is 0.305 e. The van der Waals surface area contributed by atoms with Gasteiger partial charge in [0.1, 0.15) is 0 Å². The Morgan fingerprint density at radius 2 is 1.14 bits per heavy atom. The molecule has 2 nitrogen and oxygen atoms in total. The zero-order valence-corrected chi connectivity index (χ0v) is 15.7. The van der Waals surface area contributed by atoms with Gasteiger partial charge in [0.05, 0.1) is 6.61 Å². The first-order valence-electron chi connectivity index (χ1n) is 9.68. The SMILES string of the molecule is CC(C)CCCCCCCCCCCOC(=O)CCC(C)C. The summed E-state index contributed by atoms with van der Waals surface area (Å²) in [6.45, 7) is 9.50. The first-order chi connectivity index (χ1) is 10.5. The molecule has 0 aliphatic heterocycles. The first kappa shape index (κ1) is 21.5. The maximum absolute atomic E-state index is 11.4. The molecule has 0 aliphatic rings. The third-order valence-corrected chi connectivity index (χ3v) is 4.11. The van der Waals surface area contributed by atoms with Crippen LogP contribution in [0, 0.1) is 11.8 Å². The molecule has 132 valence electrons. The van der Waals surface area contributed by atoms with E-state index in [2.05, 4.69) is 27.7 Å². The summed E-state index contributed by atoms with van der Waals surface area (Å²) in [5, 5.41) is 0. The van der Waals surface area contributed by atoms with Crippen molar-refractivity contribution in [1.82, 2.24) is 0 Å². The van der Waals surface area contributed by atoms with Crippen LogP contribution in [-0.4, -0.2) is 12.6 Å². The first-order valence-corrected chi connectivity index (χ1v) is 9.68. The van der Waals surface area contributed by atoms with Gasteiger partial charge in [-0.05, 0) is 24.7 Å². The fourth-order valence-electron chi connectivity index (χ4n) is 2.56. The fourth-order valence-corrected chi connectivity index (χ4v) is 2.56. The molecule has 0 aromatic rings. The van der Waals surface area contributed by atoms with Gasteiger partial charge in [-0.15, -0.1) is 0 Å². The fraction of sp³-hybridized carbons (Fsp3) is 0.950. The number of esters is 1. The molecule has 0 aromatic heterocycles. The summed E-state index contributed by atoms with van der Waals surface area (Å²) in [7, 11) is 0. The molecule has 0 heterocycles. The van der Waals surface area contributed by atoms with Crippen LogP contribution >= 0.6 is 0 Å². The minimum atomic E-state index is -0.0184. The van der Waals surface area contributed by atoms with Gasteiger partial charge < -0.3 is 4.74 Å². The Labute approximate surface area is 139 Å². The van der Waals surface area contributed by atoms with Crippen LogP contribution in [-0.2, 0) is 9.53 Å². The van der Waals surface area contributed by atoms with Gasteiger partial charge in [-0.3, -0.25) is 4.79 Å². The minimum Gasteiger partial charge on any atom is -0.466 e. The molecule has 0 saturated heterocycles. The predicted octanol–water partition coefficient (Wildman–Crippen LogP) is 6.52. The standard InChI is InChI=1S/C20H40O2/c1-18(2)14-12-10-8-6-5-7-9-11-13-17-22-20(21)16-15-19(3)4/h18-19H,5-17H2,1-4H3. The Morgan fingerprint density at radius 3 is 1.64 bits per heavy atom. The Kier molecular flexibility index (Phi) is 15.0. The highest BCUT2D eigenvalue weighted by molar-refractivity contribution is 5.69. The van der Waals surface area contributed by atoms with Gasteiger partial charge in [-0.1, -0.05) is 85.5 Å². The van der Waals surface area contributed by atoms with E-state index in [9.17, 15) is 4.79 Å². The van der Waals surface area contributed by atoms with Crippen molar-refractivity contribution < 1.29 is 9.53 Å². The second kappa shape index (κ2) is 15.4. The molecule has 0 N–H and O–H groups in total. The van der Waals surface area contributed by atoms with Gasteiger partial charge in [-0.25, -0.2) is 0 Å². The maximum atomic E-state index is 11.4. The molecular weight excluding hydrogens is 272 g/mol. The van der Waals surface area contributed by atoms with E-state index >= 15 is 0 Å². The van der Waals surface area contributed by atoms with Crippen LogP contribution in [0.5, 0.6) is 0 Å². The summed E-state index contributed by atoms with van der Waals surface area (Å²) in [4.78, 5) is 11.4. The second-order valence-electron chi connectivity index (χ2n) is 7.52. The van der Waals surface area contributed by atoms with Crippen molar-refractivity contribution in [2.75, 3.05) is 6.61 Å². The smallest absolute Gasteiger partial charge is 0.305 e. The van der Waals surface area contributed by atoms with E-state index in [1.54, 1.807) is 0 Å². The molecule has 0 unspecified atom stereocenters. The van der Waals surface area contributed by atoms with Gasteiger partial charge in [0.25, 0.3) is 0 Å². The molecule has 0 aliphatic carbocycles. The van der Waals surface area contributed by atoms with Crippen molar-refractivity contribution in [2.24, 2.45) is 11.8 Å². The van der Waals surface area contributed by atoms with E-state index in [0.29, 0.717) is 18.9 Å². The van der Waals surface area contributed by atoms with Crippen LogP contribution in [0.3, 0.4) is 0 Å². The highest BCUT2D eigenvalue weighted by Crippen LogP contribution is 2.13. The van der Waals surface area contributed by atoms with Crippen molar-refractivity contribution in [3.05, 3.63) is 0 Å². The molecule has 0 fully saturated rings. The lowest BCUT2D eigenvalue weighted by Gasteiger charge is -2.06. The zero-order chi connectivity index (χ0) is 16.6. The minimum absolute atomic E-state index is 0.0184. The Hall–Kier alpha value is -0.530. The van der Waals surface area contributed by atoms with Gasteiger partial charge in [0, 0.05) is 6.42 Å². The quantitative estimate of drug-likeness (QED) is 0.254. The van der Waals surface area contributed by atoms with E-state index < -0.39 is 0 Å². The topological polar surface area (TPSA) is 26.3 Å². The molecule has 0 amide bonds. The molecule has 0 aromatic carbocycles. The summed E-state index contributed by atoms with van der Waals surface area (Å²) in [5.41, 5.74) is 0. The predicted molar refractivity (Wildman–Crippen MR) is 96.0 cm³/mol. The molecular formula is C20H40O2. The summed E-state index contributed by atoms with van der Waals surface area (Å²) in [6.07, 6.45) is 14.7. The van der Waals surface area contributed by atoms with Crippen LogP contribution in [0.4, 0.5) is 0 Å². The highest BCUT2D eigenvalue weighted by atomic mass is 16.5. The van der Waals surface area contributed by atoms with Crippen LogP contribution < -0.4 is 0 Å². The molecule has 0 rings (SSSR count). The Morgan fingerprint density at radius 1 is 0.682 bits per heavy atom. The van der Waals surface area contributed by atoms with Gasteiger partial charge in [0.2, 0.25) is 0 Å². The molecule has 0 saturated carbocycles. The number of ether oxygens (including phenoxy) is 1. The normalized spacial score (nSPS) is 11.4. The summed E-state index contributed by atoms with van der Waals surface area (Å²) >= 11 is 0. The van der Waals surface area contributed by atoms with E-state index in [0.717, 1.165) is 18.8 Å². The van der Waals surface area contributed by atoms with Crippen molar-refractivity contribution in [3.8, 4) is 0 Å². The molecule has 0 radical (unpaired) electrons. The summed E-state index contributed by atoms with van der Waals surface area (Å²) < 4.78 is 5.24. The number of rotatable bonds is 15. The van der Waals surface area contributed by atoms with Crippen molar-refractivity contribution in [2.45, 2.75) is 105 Å². The average Bonchev–Trinajstić information content (AvgIpc) is 2.45. The van der Waals surface area contributed by atoms with Crippen molar-refractivity contribution in [3.63, 3.8) is 0 Å². The lowest BCUT2D eigenvalue weighted by Crippen LogP contribution is -2.06. The van der Waals surface area contributed by atoms with Crippen LogP contribution in [0.2, 0.25) is 0 Å². The van der Waals surface area contributed by atoms with Crippen LogP contribution in [0.15, 0.2) is 0 Å². The van der Waals surface area contributed by atoms with Gasteiger partial charge >= 0.3 is 5.97 Å². The number of carbonyl (C=O) groups is 1. The lowest BCUT2D eigenvalue weighted by atomic mass is 10.0. The molecule has 0 atom stereocenters. The van der Waals surface area contributed by atoms with Crippen molar-refractivity contribution >= 4 is 5.97 Å². The van der Waals surface area contributed by atoms with Crippen molar-refractivity contribution in [1.29, 1.82) is 0 Å². The second-order valence-corrected chi connectivity index (χ2v) is 7.52. The average molecular weight is 313 g/mol. The van der Waals surface area contributed by atoms with E-state index in [1.165, 1.54) is 57.8 Å².